The van der Waals surface area contributed by atoms with Crippen LogP contribution in [0.15, 0.2) is 24.3 Å². The van der Waals surface area contributed by atoms with Gasteiger partial charge in [-0.3, -0.25) is 0 Å². The molecule has 2 aliphatic heterocycles. The lowest BCUT2D eigenvalue weighted by Crippen LogP contribution is -2.42. The maximum atomic E-state index is 10.0. The van der Waals surface area contributed by atoms with Gasteiger partial charge in [-0.25, -0.2) is 9.97 Å². The van der Waals surface area contributed by atoms with Gasteiger partial charge >= 0.3 is 0 Å². The highest BCUT2D eigenvalue weighted by atomic mass is 16.5. The molecule has 0 amide bonds. The molecule has 6 heteroatoms. The third kappa shape index (κ3) is 3.41. The van der Waals surface area contributed by atoms with Crippen LogP contribution >= 0.6 is 0 Å². The smallest absolute Gasteiger partial charge is 0.172 e. The third-order valence-corrected chi connectivity index (χ3v) is 5.28. The van der Waals surface area contributed by atoms with Gasteiger partial charge in [0.25, 0.3) is 0 Å². The number of rotatable bonds is 3. The molecule has 3 heterocycles. The first kappa shape index (κ1) is 16.5. The first-order valence-electron chi connectivity index (χ1n) is 9.25. The average molecular weight is 342 g/mol. The summed E-state index contributed by atoms with van der Waals surface area (Å²) in [4.78, 5) is 14.5. The second-order valence-corrected chi connectivity index (χ2v) is 7.05. The summed E-state index contributed by atoms with van der Waals surface area (Å²) in [6, 6.07) is 8.05. The Labute approximate surface area is 148 Å². The topological polar surface area (TPSA) is 61.7 Å². The summed E-state index contributed by atoms with van der Waals surface area (Å²) in [6.45, 7) is 6.83. The molecule has 4 rings (SSSR count). The highest BCUT2D eigenvalue weighted by Gasteiger charge is 2.28. The Balaban J connectivity index is 1.74. The Morgan fingerprint density at radius 3 is 2.32 bits per heavy atom. The van der Waals surface area contributed by atoms with Crippen molar-refractivity contribution < 1.29 is 9.84 Å². The molecule has 25 heavy (non-hydrogen) atoms. The van der Waals surface area contributed by atoms with Crippen LogP contribution in [0.1, 0.15) is 19.8 Å². The van der Waals surface area contributed by atoms with E-state index in [0.717, 1.165) is 74.9 Å². The molecule has 0 radical (unpaired) electrons. The van der Waals surface area contributed by atoms with Crippen LogP contribution in [0.2, 0.25) is 0 Å². The summed E-state index contributed by atoms with van der Waals surface area (Å²) in [7, 11) is 0. The summed E-state index contributed by atoms with van der Waals surface area (Å²) in [5.74, 6) is 2.19. The van der Waals surface area contributed by atoms with Gasteiger partial charge in [-0.15, -0.1) is 0 Å². The SMILES string of the molecule is C[C@@H](O)[C@@H]1CCCN(c2nc3ccccc3nc2N2CCOCC2)C1. The molecule has 0 unspecified atom stereocenters. The van der Waals surface area contributed by atoms with Crippen molar-refractivity contribution >= 4 is 22.7 Å². The van der Waals surface area contributed by atoms with Gasteiger partial charge in [-0.05, 0) is 31.9 Å². The number of ether oxygens (including phenoxy) is 1. The number of nitrogens with zero attached hydrogens (tertiary/aromatic N) is 4. The van der Waals surface area contributed by atoms with Crippen molar-refractivity contribution in [3.63, 3.8) is 0 Å². The minimum absolute atomic E-state index is 0.289. The molecule has 1 N–H and O–H groups in total. The first-order chi connectivity index (χ1) is 12.2. The van der Waals surface area contributed by atoms with Gasteiger partial charge in [0.1, 0.15) is 0 Å². The lowest BCUT2D eigenvalue weighted by Gasteiger charge is -2.37. The van der Waals surface area contributed by atoms with Crippen molar-refractivity contribution in [2.75, 3.05) is 49.2 Å². The molecule has 2 aromatic rings. The lowest BCUT2D eigenvalue weighted by molar-refractivity contribution is 0.114. The van der Waals surface area contributed by atoms with E-state index in [0.29, 0.717) is 5.92 Å². The lowest BCUT2D eigenvalue weighted by atomic mass is 9.93. The van der Waals surface area contributed by atoms with E-state index in [1.807, 2.05) is 31.2 Å². The fourth-order valence-electron chi connectivity index (χ4n) is 3.78. The molecule has 0 aliphatic carbocycles. The fourth-order valence-corrected chi connectivity index (χ4v) is 3.78. The van der Waals surface area contributed by atoms with Crippen molar-refractivity contribution in [2.45, 2.75) is 25.9 Å². The third-order valence-electron chi connectivity index (χ3n) is 5.28. The molecule has 6 nitrogen and oxygen atoms in total. The minimum Gasteiger partial charge on any atom is -0.393 e. The number of piperidine rings is 1. The molecular formula is C19H26N4O2. The Hall–Kier alpha value is -1.92. The quantitative estimate of drug-likeness (QED) is 0.921. The van der Waals surface area contributed by atoms with Gasteiger partial charge in [0.05, 0.1) is 30.4 Å². The predicted octanol–water partition coefficient (Wildman–Crippen LogP) is 2.06. The molecule has 134 valence electrons. The second kappa shape index (κ2) is 7.14. The standard InChI is InChI=1S/C19H26N4O2/c1-14(24)15-5-4-8-23(13-15)19-18(22-9-11-25-12-10-22)20-16-6-2-3-7-17(16)21-19/h2-3,6-7,14-15,24H,4-5,8-13H2,1H3/t14-,15-/m1/s1. The molecular weight excluding hydrogens is 316 g/mol. The Kier molecular flexibility index (Phi) is 4.72. The zero-order valence-corrected chi connectivity index (χ0v) is 14.8. The number of benzene rings is 1. The van der Waals surface area contributed by atoms with Crippen molar-refractivity contribution in [2.24, 2.45) is 5.92 Å². The molecule has 2 fully saturated rings. The van der Waals surface area contributed by atoms with E-state index < -0.39 is 0 Å². The highest BCUT2D eigenvalue weighted by molar-refractivity contribution is 5.81. The van der Waals surface area contributed by atoms with Gasteiger partial charge in [0.2, 0.25) is 0 Å². The molecule has 1 aromatic heterocycles. The van der Waals surface area contributed by atoms with E-state index in [-0.39, 0.29) is 6.10 Å². The van der Waals surface area contributed by atoms with Crippen molar-refractivity contribution in [3.8, 4) is 0 Å². The number of morpholine rings is 1. The number of fused-ring (bicyclic) bond motifs is 1. The predicted molar refractivity (Wildman–Crippen MR) is 99.2 cm³/mol. The van der Waals surface area contributed by atoms with Crippen LogP contribution in [0, 0.1) is 5.92 Å². The van der Waals surface area contributed by atoms with Crippen molar-refractivity contribution in [3.05, 3.63) is 24.3 Å². The van der Waals surface area contributed by atoms with Crippen LogP contribution in [-0.4, -0.2) is 60.6 Å². The Morgan fingerprint density at radius 2 is 1.68 bits per heavy atom. The Morgan fingerprint density at radius 1 is 1.04 bits per heavy atom. The minimum atomic E-state index is -0.289. The second-order valence-electron chi connectivity index (χ2n) is 7.05. The summed E-state index contributed by atoms with van der Waals surface area (Å²) in [6.07, 6.45) is 1.86. The van der Waals surface area contributed by atoms with E-state index in [9.17, 15) is 5.11 Å². The number of para-hydroxylation sites is 2. The average Bonchev–Trinajstić information content (AvgIpc) is 2.67. The number of aliphatic hydroxyl groups excluding tert-OH is 1. The van der Waals surface area contributed by atoms with Gasteiger partial charge < -0.3 is 19.6 Å². The van der Waals surface area contributed by atoms with Gasteiger partial charge in [0.15, 0.2) is 11.6 Å². The fraction of sp³-hybridized carbons (Fsp3) is 0.579. The maximum Gasteiger partial charge on any atom is 0.172 e. The zero-order valence-electron chi connectivity index (χ0n) is 14.8. The van der Waals surface area contributed by atoms with Crippen LogP contribution in [0.3, 0.4) is 0 Å². The monoisotopic (exact) mass is 342 g/mol. The van der Waals surface area contributed by atoms with Crippen molar-refractivity contribution in [1.82, 2.24) is 9.97 Å². The molecule has 1 aromatic carbocycles. The molecule has 2 saturated heterocycles. The summed E-state index contributed by atoms with van der Waals surface area (Å²) >= 11 is 0. The molecule has 0 spiro atoms. The van der Waals surface area contributed by atoms with E-state index in [1.165, 1.54) is 0 Å². The van der Waals surface area contributed by atoms with Gasteiger partial charge in [0, 0.05) is 32.1 Å². The zero-order chi connectivity index (χ0) is 17.2. The largest absolute Gasteiger partial charge is 0.393 e. The summed E-state index contributed by atoms with van der Waals surface area (Å²) in [5, 5.41) is 10.0. The number of aliphatic hydroxyl groups is 1. The van der Waals surface area contributed by atoms with Crippen LogP contribution in [0.4, 0.5) is 11.6 Å². The van der Waals surface area contributed by atoms with E-state index in [1.54, 1.807) is 0 Å². The molecule has 2 aliphatic rings. The highest BCUT2D eigenvalue weighted by Crippen LogP contribution is 2.32. The van der Waals surface area contributed by atoms with Crippen LogP contribution < -0.4 is 9.80 Å². The van der Waals surface area contributed by atoms with E-state index >= 15 is 0 Å². The van der Waals surface area contributed by atoms with Crippen molar-refractivity contribution in [1.29, 1.82) is 0 Å². The maximum absolute atomic E-state index is 10.0. The van der Waals surface area contributed by atoms with Crippen LogP contribution in [-0.2, 0) is 4.74 Å². The van der Waals surface area contributed by atoms with Crippen LogP contribution in [0.25, 0.3) is 11.0 Å². The van der Waals surface area contributed by atoms with Gasteiger partial charge in [-0.1, -0.05) is 12.1 Å². The summed E-state index contributed by atoms with van der Waals surface area (Å²) < 4.78 is 5.51. The Bertz CT molecular complexity index is 730. The molecule has 0 bridgehead atoms. The van der Waals surface area contributed by atoms with E-state index in [2.05, 4.69) is 9.80 Å². The number of hydrogen-bond acceptors (Lipinski definition) is 6. The number of aromatic nitrogens is 2. The first-order valence-corrected chi connectivity index (χ1v) is 9.25. The molecule has 2 atom stereocenters. The van der Waals surface area contributed by atoms with Gasteiger partial charge in [-0.2, -0.15) is 0 Å². The molecule has 0 saturated carbocycles. The normalized spacial score (nSPS) is 23.0. The van der Waals surface area contributed by atoms with Crippen LogP contribution in [0.5, 0.6) is 0 Å². The summed E-state index contributed by atoms with van der Waals surface area (Å²) in [5.41, 5.74) is 1.85. The van der Waals surface area contributed by atoms with E-state index in [4.69, 9.17) is 14.7 Å². The number of anilines is 2. The number of hydrogen-bond donors (Lipinski definition) is 1.